The molecule has 0 aliphatic rings. The van der Waals surface area contributed by atoms with Crippen LogP contribution < -0.4 is 10.6 Å². The average molecular weight is 389 g/mol. The van der Waals surface area contributed by atoms with Crippen LogP contribution >= 0.6 is 0 Å². The number of anilines is 2. The topological polar surface area (TPSA) is 80.3 Å². The summed E-state index contributed by atoms with van der Waals surface area (Å²) in [4.78, 5) is 28.9. The van der Waals surface area contributed by atoms with E-state index < -0.39 is 5.97 Å². The molecule has 29 heavy (non-hydrogen) atoms. The molecule has 1 atom stereocenters. The van der Waals surface area contributed by atoms with E-state index in [1.54, 1.807) is 43.5 Å². The maximum absolute atomic E-state index is 12.6. The minimum absolute atomic E-state index is 0.147. The molecular formula is C23H23N3O3. The Morgan fingerprint density at radius 1 is 1.03 bits per heavy atom. The number of amides is 1. The summed E-state index contributed by atoms with van der Waals surface area (Å²) in [6.07, 6.45) is 1.55. The second-order valence-corrected chi connectivity index (χ2v) is 6.43. The monoisotopic (exact) mass is 389 g/mol. The molecular weight excluding hydrogens is 366 g/mol. The van der Waals surface area contributed by atoms with E-state index in [4.69, 9.17) is 4.74 Å². The first-order valence-corrected chi connectivity index (χ1v) is 9.43. The number of hydrogen-bond donors (Lipinski definition) is 2. The number of nitrogens with zero attached hydrogens (tertiary/aromatic N) is 1. The molecule has 1 amide bonds. The molecule has 0 radical (unpaired) electrons. The number of hydrogen-bond acceptors (Lipinski definition) is 5. The number of benzene rings is 2. The van der Waals surface area contributed by atoms with Gasteiger partial charge in [0.25, 0.3) is 5.91 Å². The molecule has 3 aromatic rings. The summed E-state index contributed by atoms with van der Waals surface area (Å²) in [7, 11) is 0. The SMILES string of the molecule is CCOC(=O)c1ccccc1Nc1ccnc(C(=O)NC(C)c2ccccc2)c1. The number of esters is 1. The highest BCUT2D eigenvalue weighted by atomic mass is 16.5. The molecule has 0 fully saturated rings. The van der Waals surface area contributed by atoms with Gasteiger partial charge in [0.05, 0.1) is 23.9 Å². The van der Waals surface area contributed by atoms with Crippen LogP contribution in [0.5, 0.6) is 0 Å². The minimum atomic E-state index is -0.403. The quantitative estimate of drug-likeness (QED) is 0.582. The number of rotatable bonds is 7. The smallest absolute Gasteiger partial charge is 0.340 e. The van der Waals surface area contributed by atoms with Gasteiger partial charge in [0.1, 0.15) is 5.69 Å². The van der Waals surface area contributed by atoms with Gasteiger partial charge in [-0.05, 0) is 43.7 Å². The third kappa shape index (κ3) is 5.19. The van der Waals surface area contributed by atoms with Crippen LogP contribution in [0.4, 0.5) is 11.4 Å². The highest BCUT2D eigenvalue weighted by Gasteiger charge is 2.15. The Morgan fingerprint density at radius 2 is 1.76 bits per heavy atom. The van der Waals surface area contributed by atoms with E-state index >= 15 is 0 Å². The summed E-state index contributed by atoms with van der Waals surface area (Å²) in [6, 6.07) is 20.0. The molecule has 0 bridgehead atoms. The number of ether oxygens (including phenoxy) is 1. The number of aromatic nitrogens is 1. The zero-order chi connectivity index (χ0) is 20.6. The molecule has 6 nitrogen and oxygen atoms in total. The Hall–Kier alpha value is -3.67. The zero-order valence-corrected chi connectivity index (χ0v) is 16.4. The van der Waals surface area contributed by atoms with Crippen LogP contribution in [0.1, 0.15) is 46.3 Å². The van der Waals surface area contributed by atoms with Crippen LogP contribution in [0.3, 0.4) is 0 Å². The van der Waals surface area contributed by atoms with Gasteiger partial charge >= 0.3 is 5.97 Å². The Kier molecular flexibility index (Phi) is 6.58. The predicted octanol–water partition coefficient (Wildman–Crippen LogP) is 4.49. The lowest BCUT2D eigenvalue weighted by atomic mass is 10.1. The van der Waals surface area contributed by atoms with Gasteiger partial charge in [-0.1, -0.05) is 42.5 Å². The summed E-state index contributed by atoms with van der Waals surface area (Å²) in [6.45, 7) is 3.98. The van der Waals surface area contributed by atoms with Crippen molar-refractivity contribution >= 4 is 23.3 Å². The van der Waals surface area contributed by atoms with Crippen molar-refractivity contribution in [3.05, 3.63) is 89.7 Å². The fraction of sp³-hybridized carbons (Fsp3) is 0.174. The molecule has 0 aliphatic carbocycles. The van der Waals surface area contributed by atoms with Gasteiger partial charge < -0.3 is 15.4 Å². The van der Waals surface area contributed by atoms with Gasteiger partial charge in [0.15, 0.2) is 0 Å². The molecule has 148 valence electrons. The van der Waals surface area contributed by atoms with Crippen molar-refractivity contribution in [2.24, 2.45) is 0 Å². The predicted molar refractivity (Wildman–Crippen MR) is 112 cm³/mol. The average Bonchev–Trinajstić information content (AvgIpc) is 2.75. The van der Waals surface area contributed by atoms with Crippen molar-refractivity contribution in [1.29, 1.82) is 0 Å². The van der Waals surface area contributed by atoms with Crippen molar-refractivity contribution in [2.45, 2.75) is 19.9 Å². The summed E-state index contributed by atoms with van der Waals surface area (Å²) in [5.74, 6) is -0.678. The number of carbonyl (C=O) groups excluding carboxylic acids is 2. The molecule has 2 aromatic carbocycles. The molecule has 6 heteroatoms. The van der Waals surface area contributed by atoms with Crippen LogP contribution in [0.25, 0.3) is 0 Å². The molecule has 1 heterocycles. The molecule has 2 N–H and O–H groups in total. The largest absolute Gasteiger partial charge is 0.462 e. The standard InChI is InChI=1S/C23H23N3O3/c1-3-29-23(28)19-11-7-8-12-20(19)26-18-13-14-24-21(15-18)22(27)25-16(2)17-9-5-4-6-10-17/h4-16H,3H2,1-2H3,(H,24,26)(H,25,27). The van der Waals surface area contributed by atoms with E-state index in [2.05, 4.69) is 15.6 Å². The van der Waals surface area contributed by atoms with E-state index in [0.717, 1.165) is 5.56 Å². The Bertz CT molecular complexity index is 989. The number of carbonyl (C=O) groups is 2. The molecule has 0 spiro atoms. The lowest BCUT2D eigenvalue weighted by Crippen LogP contribution is -2.27. The van der Waals surface area contributed by atoms with Crippen molar-refractivity contribution < 1.29 is 14.3 Å². The number of para-hydroxylation sites is 1. The van der Waals surface area contributed by atoms with Crippen molar-refractivity contribution in [3.63, 3.8) is 0 Å². The van der Waals surface area contributed by atoms with Crippen molar-refractivity contribution in [2.75, 3.05) is 11.9 Å². The number of pyridine rings is 1. The van der Waals surface area contributed by atoms with Crippen LogP contribution in [0, 0.1) is 0 Å². The molecule has 0 saturated heterocycles. The van der Waals surface area contributed by atoms with Gasteiger partial charge in [0, 0.05) is 11.9 Å². The van der Waals surface area contributed by atoms with Crippen LogP contribution in [0.15, 0.2) is 72.9 Å². The lowest BCUT2D eigenvalue weighted by Gasteiger charge is -2.15. The summed E-state index contributed by atoms with van der Waals surface area (Å²) < 4.78 is 5.10. The normalized spacial score (nSPS) is 11.4. The van der Waals surface area contributed by atoms with Crippen molar-refractivity contribution in [1.82, 2.24) is 10.3 Å². The Balaban J connectivity index is 1.75. The second-order valence-electron chi connectivity index (χ2n) is 6.43. The first-order valence-electron chi connectivity index (χ1n) is 9.43. The fourth-order valence-corrected chi connectivity index (χ4v) is 2.86. The van der Waals surface area contributed by atoms with Crippen LogP contribution in [0.2, 0.25) is 0 Å². The lowest BCUT2D eigenvalue weighted by molar-refractivity contribution is 0.0527. The van der Waals surface area contributed by atoms with Gasteiger partial charge in [0.2, 0.25) is 0 Å². The zero-order valence-electron chi connectivity index (χ0n) is 16.4. The Labute approximate surface area is 169 Å². The van der Waals surface area contributed by atoms with Gasteiger partial charge in [-0.15, -0.1) is 0 Å². The summed E-state index contributed by atoms with van der Waals surface area (Å²) in [5, 5.41) is 6.12. The summed E-state index contributed by atoms with van der Waals surface area (Å²) >= 11 is 0. The first-order chi connectivity index (χ1) is 14.1. The van der Waals surface area contributed by atoms with E-state index in [1.165, 1.54) is 0 Å². The molecule has 0 aliphatic heterocycles. The van der Waals surface area contributed by atoms with Crippen molar-refractivity contribution in [3.8, 4) is 0 Å². The number of nitrogens with one attached hydrogen (secondary N) is 2. The third-order valence-electron chi connectivity index (χ3n) is 4.34. The van der Waals surface area contributed by atoms with Crippen LogP contribution in [-0.2, 0) is 4.74 Å². The van der Waals surface area contributed by atoms with E-state index in [-0.39, 0.29) is 17.6 Å². The first kappa shape index (κ1) is 20.1. The van der Waals surface area contributed by atoms with Gasteiger partial charge in [-0.2, -0.15) is 0 Å². The fourth-order valence-electron chi connectivity index (χ4n) is 2.86. The summed E-state index contributed by atoms with van der Waals surface area (Å²) in [5.41, 5.74) is 2.97. The highest BCUT2D eigenvalue weighted by Crippen LogP contribution is 2.22. The third-order valence-corrected chi connectivity index (χ3v) is 4.34. The van der Waals surface area contributed by atoms with Gasteiger partial charge in [-0.3, -0.25) is 9.78 Å². The maximum Gasteiger partial charge on any atom is 0.340 e. The molecule has 1 unspecified atom stereocenters. The molecule has 3 rings (SSSR count). The second kappa shape index (κ2) is 9.50. The van der Waals surface area contributed by atoms with E-state index in [0.29, 0.717) is 23.5 Å². The minimum Gasteiger partial charge on any atom is -0.462 e. The van der Waals surface area contributed by atoms with Gasteiger partial charge in [-0.25, -0.2) is 4.79 Å². The Morgan fingerprint density at radius 3 is 2.52 bits per heavy atom. The van der Waals surface area contributed by atoms with Crippen LogP contribution in [-0.4, -0.2) is 23.5 Å². The van der Waals surface area contributed by atoms with E-state index in [9.17, 15) is 9.59 Å². The highest BCUT2D eigenvalue weighted by molar-refractivity contribution is 5.97. The molecule has 0 saturated carbocycles. The maximum atomic E-state index is 12.6. The molecule has 1 aromatic heterocycles. The van der Waals surface area contributed by atoms with E-state index in [1.807, 2.05) is 43.3 Å².